The first-order chi connectivity index (χ1) is 13.6. The molecule has 28 heavy (non-hydrogen) atoms. The molecule has 0 fully saturated rings. The van der Waals surface area contributed by atoms with Crippen molar-refractivity contribution in [2.45, 2.75) is 19.6 Å². The van der Waals surface area contributed by atoms with Crippen LogP contribution in [-0.4, -0.2) is 40.4 Å². The highest BCUT2D eigenvalue weighted by atomic mass is 19.1. The quantitative estimate of drug-likeness (QED) is 0.509. The summed E-state index contributed by atoms with van der Waals surface area (Å²) in [5.41, 5.74) is 1.84. The van der Waals surface area contributed by atoms with Crippen molar-refractivity contribution in [1.29, 1.82) is 0 Å². The third-order valence-corrected chi connectivity index (χ3v) is 4.23. The minimum atomic E-state index is -0.269. The van der Waals surface area contributed by atoms with Crippen LogP contribution in [0.2, 0.25) is 0 Å². The van der Waals surface area contributed by atoms with E-state index >= 15 is 0 Å². The predicted molar refractivity (Wildman–Crippen MR) is 109 cm³/mol. The van der Waals surface area contributed by atoms with Crippen LogP contribution in [0.3, 0.4) is 0 Å². The van der Waals surface area contributed by atoms with Crippen molar-refractivity contribution in [3.8, 4) is 11.5 Å². The number of hydrogen-bond donors (Lipinski definition) is 2. The van der Waals surface area contributed by atoms with Gasteiger partial charge < -0.3 is 24.8 Å². The molecule has 2 aromatic carbocycles. The van der Waals surface area contributed by atoms with E-state index in [1.165, 1.54) is 12.1 Å². The average Bonchev–Trinajstić information content (AvgIpc) is 2.73. The van der Waals surface area contributed by atoms with E-state index in [-0.39, 0.29) is 11.9 Å². The monoisotopic (exact) mass is 389 g/mol. The van der Waals surface area contributed by atoms with Crippen LogP contribution >= 0.6 is 0 Å². The second kappa shape index (κ2) is 11.1. The second-order valence-electron chi connectivity index (χ2n) is 6.03. The number of hydrogen-bond acceptors (Lipinski definition) is 4. The highest BCUT2D eigenvalue weighted by Crippen LogP contribution is 2.25. The molecule has 1 unspecified atom stereocenters. The number of methoxy groups -OCH3 is 3. The van der Waals surface area contributed by atoms with Gasteiger partial charge in [0.1, 0.15) is 17.3 Å². The van der Waals surface area contributed by atoms with E-state index < -0.39 is 0 Å². The van der Waals surface area contributed by atoms with Gasteiger partial charge in [-0.3, -0.25) is 0 Å². The minimum Gasteiger partial charge on any atom is -0.497 e. The van der Waals surface area contributed by atoms with Crippen LogP contribution in [-0.2, 0) is 11.3 Å². The van der Waals surface area contributed by atoms with Gasteiger partial charge in [-0.05, 0) is 36.8 Å². The summed E-state index contributed by atoms with van der Waals surface area (Å²) >= 11 is 0. The van der Waals surface area contributed by atoms with E-state index in [0.717, 1.165) is 29.2 Å². The molecule has 2 N–H and O–H groups in total. The molecular formula is C21H28FN3O3. The lowest BCUT2D eigenvalue weighted by Gasteiger charge is -2.19. The molecule has 0 amide bonds. The molecule has 6 nitrogen and oxygen atoms in total. The van der Waals surface area contributed by atoms with Gasteiger partial charge in [-0.25, -0.2) is 9.38 Å². The van der Waals surface area contributed by atoms with Gasteiger partial charge in [0.2, 0.25) is 0 Å². The Labute approximate surface area is 165 Å². The van der Waals surface area contributed by atoms with Crippen molar-refractivity contribution >= 4 is 5.96 Å². The number of guanidine groups is 1. The van der Waals surface area contributed by atoms with Gasteiger partial charge in [-0.2, -0.15) is 0 Å². The Balaban J connectivity index is 2.06. The van der Waals surface area contributed by atoms with E-state index in [1.807, 2.05) is 25.1 Å². The maximum Gasteiger partial charge on any atom is 0.191 e. The molecule has 0 saturated carbocycles. The molecule has 2 rings (SSSR count). The van der Waals surface area contributed by atoms with E-state index in [2.05, 4.69) is 15.6 Å². The lowest BCUT2D eigenvalue weighted by molar-refractivity contribution is 0.106. The third kappa shape index (κ3) is 6.13. The number of ether oxygens (including phenoxy) is 3. The van der Waals surface area contributed by atoms with Crippen LogP contribution in [0, 0.1) is 5.82 Å². The molecule has 0 saturated heterocycles. The van der Waals surface area contributed by atoms with E-state index in [0.29, 0.717) is 19.0 Å². The van der Waals surface area contributed by atoms with Crippen molar-refractivity contribution in [2.24, 2.45) is 4.99 Å². The number of nitrogens with one attached hydrogen (secondary N) is 2. The lowest BCUT2D eigenvalue weighted by Crippen LogP contribution is -2.39. The number of nitrogens with zero attached hydrogens (tertiary/aromatic N) is 1. The molecule has 0 aliphatic rings. The fraction of sp³-hybridized carbons (Fsp3) is 0.381. The van der Waals surface area contributed by atoms with Crippen molar-refractivity contribution in [3.05, 3.63) is 59.4 Å². The normalized spacial score (nSPS) is 12.4. The van der Waals surface area contributed by atoms with E-state index in [1.54, 1.807) is 33.5 Å². The molecule has 0 spiro atoms. The molecule has 0 bridgehead atoms. The zero-order valence-corrected chi connectivity index (χ0v) is 16.8. The molecule has 152 valence electrons. The van der Waals surface area contributed by atoms with Gasteiger partial charge in [0.25, 0.3) is 0 Å². The first-order valence-corrected chi connectivity index (χ1v) is 9.12. The molecule has 0 aliphatic heterocycles. The van der Waals surface area contributed by atoms with Gasteiger partial charge >= 0.3 is 0 Å². The van der Waals surface area contributed by atoms with Crippen molar-refractivity contribution < 1.29 is 18.6 Å². The topological polar surface area (TPSA) is 64.1 Å². The SMILES string of the molecule is CCNC(=NCc1ccc(OC)cc1OC)NCC(OC)c1ccc(F)cc1. The summed E-state index contributed by atoms with van der Waals surface area (Å²) in [6.07, 6.45) is -0.222. The van der Waals surface area contributed by atoms with Crippen LogP contribution in [0.4, 0.5) is 4.39 Å². The molecule has 0 aliphatic carbocycles. The van der Waals surface area contributed by atoms with Crippen molar-refractivity contribution in [2.75, 3.05) is 34.4 Å². The Morgan fingerprint density at radius 2 is 1.79 bits per heavy atom. The van der Waals surface area contributed by atoms with Gasteiger partial charge in [0.05, 0.1) is 26.9 Å². The Morgan fingerprint density at radius 3 is 2.39 bits per heavy atom. The summed E-state index contributed by atoms with van der Waals surface area (Å²) in [6, 6.07) is 11.9. The van der Waals surface area contributed by atoms with Crippen LogP contribution in [0.25, 0.3) is 0 Å². The van der Waals surface area contributed by atoms with Gasteiger partial charge in [-0.15, -0.1) is 0 Å². The Morgan fingerprint density at radius 1 is 1.04 bits per heavy atom. The standard InChI is InChI=1S/C21H28FN3O3/c1-5-23-21(24-13-16-8-11-18(26-2)12-19(16)27-3)25-14-20(28-4)15-6-9-17(22)10-7-15/h6-12,20H,5,13-14H2,1-4H3,(H2,23,24,25). The smallest absolute Gasteiger partial charge is 0.191 e. The highest BCUT2D eigenvalue weighted by Gasteiger charge is 2.12. The molecule has 7 heteroatoms. The highest BCUT2D eigenvalue weighted by molar-refractivity contribution is 5.79. The van der Waals surface area contributed by atoms with Gasteiger partial charge in [0, 0.05) is 31.8 Å². The van der Waals surface area contributed by atoms with Gasteiger partial charge in [-0.1, -0.05) is 12.1 Å². The van der Waals surface area contributed by atoms with E-state index in [4.69, 9.17) is 14.2 Å². The number of rotatable bonds is 9. The molecule has 2 aromatic rings. The van der Waals surface area contributed by atoms with Crippen molar-refractivity contribution in [3.63, 3.8) is 0 Å². The largest absolute Gasteiger partial charge is 0.497 e. The second-order valence-corrected chi connectivity index (χ2v) is 6.03. The fourth-order valence-electron chi connectivity index (χ4n) is 2.69. The number of halogens is 1. The fourth-order valence-corrected chi connectivity index (χ4v) is 2.69. The van der Waals surface area contributed by atoms with Crippen LogP contribution in [0.5, 0.6) is 11.5 Å². The molecule has 0 heterocycles. The summed E-state index contributed by atoms with van der Waals surface area (Å²) in [7, 11) is 4.87. The maximum absolute atomic E-state index is 13.1. The van der Waals surface area contributed by atoms with Crippen LogP contribution < -0.4 is 20.1 Å². The summed E-state index contributed by atoms with van der Waals surface area (Å²) in [4.78, 5) is 4.62. The Kier molecular flexibility index (Phi) is 8.55. The summed E-state index contributed by atoms with van der Waals surface area (Å²) in [5, 5.41) is 6.48. The Bertz CT molecular complexity index is 766. The molecule has 0 radical (unpaired) electrons. The summed E-state index contributed by atoms with van der Waals surface area (Å²) in [5.74, 6) is 1.84. The minimum absolute atomic E-state index is 0.222. The van der Waals surface area contributed by atoms with Crippen LogP contribution in [0.1, 0.15) is 24.2 Å². The number of aliphatic imine (C=N–C) groups is 1. The predicted octanol–water partition coefficient (Wildman–Crippen LogP) is 3.29. The maximum atomic E-state index is 13.1. The average molecular weight is 389 g/mol. The molecular weight excluding hydrogens is 361 g/mol. The first-order valence-electron chi connectivity index (χ1n) is 9.12. The van der Waals surface area contributed by atoms with Gasteiger partial charge in [0.15, 0.2) is 5.96 Å². The summed E-state index contributed by atoms with van der Waals surface area (Å²) < 4.78 is 29.3. The van der Waals surface area contributed by atoms with E-state index in [9.17, 15) is 4.39 Å². The first kappa shape index (κ1) is 21.5. The summed E-state index contributed by atoms with van der Waals surface area (Å²) in [6.45, 7) is 3.66. The molecule has 0 aromatic heterocycles. The zero-order chi connectivity index (χ0) is 20.4. The Hall–Kier alpha value is -2.80. The van der Waals surface area contributed by atoms with Crippen molar-refractivity contribution in [1.82, 2.24) is 10.6 Å². The molecule has 1 atom stereocenters. The lowest BCUT2D eigenvalue weighted by atomic mass is 10.1. The van der Waals surface area contributed by atoms with Crippen LogP contribution in [0.15, 0.2) is 47.5 Å². The third-order valence-electron chi connectivity index (χ3n) is 4.23. The number of benzene rings is 2. The zero-order valence-electron chi connectivity index (χ0n) is 16.8.